The summed E-state index contributed by atoms with van der Waals surface area (Å²) in [4.78, 5) is 16.1. The van der Waals surface area contributed by atoms with Gasteiger partial charge in [-0.3, -0.25) is 4.79 Å². The van der Waals surface area contributed by atoms with Crippen LogP contribution in [0.1, 0.15) is 10.5 Å². The van der Waals surface area contributed by atoms with Crippen LogP contribution in [0.25, 0.3) is 5.69 Å². The Labute approximate surface area is 183 Å². The molecule has 7 nitrogen and oxygen atoms in total. The van der Waals surface area contributed by atoms with Crippen molar-refractivity contribution in [3.63, 3.8) is 0 Å². The summed E-state index contributed by atoms with van der Waals surface area (Å²) in [6.07, 6.45) is 2.83. The average Bonchev–Trinajstić information content (AvgIpc) is 3.11. The Kier molecular flexibility index (Phi) is 6.13. The molecule has 28 heavy (non-hydrogen) atoms. The minimum absolute atomic E-state index is 0.0365. The van der Waals surface area contributed by atoms with Crippen molar-refractivity contribution in [2.75, 3.05) is 7.11 Å². The standard InChI is InChI=1S/C17H12Br2ClN3O4S/c1-27-13-2-3-14(20)16(7-13)28(25,26)22-17(24)15-8-23(9-21-15)12-5-10(18)4-11(19)6-12/h2-9H,1H3,(H,22,24). The van der Waals surface area contributed by atoms with E-state index in [1.54, 1.807) is 4.57 Å². The van der Waals surface area contributed by atoms with Gasteiger partial charge in [0.2, 0.25) is 0 Å². The number of sulfonamides is 1. The largest absolute Gasteiger partial charge is 0.497 e. The number of nitrogens with zero attached hydrogens (tertiary/aromatic N) is 2. The summed E-state index contributed by atoms with van der Waals surface area (Å²) in [7, 11) is -2.82. The number of halogens is 3. The minimum atomic E-state index is -4.22. The van der Waals surface area contributed by atoms with E-state index in [0.717, 1.165) is 14.6 Å². The number of methoxy groups -OCH3 is 1. The van der Waals surface area contributed by atoms with Gasteiger partial charge in [-0.15, -0.1) is 0 Å². The molecular weight excluding hydrogens is 538 g/mol. The molecule has 3 rings (SSSR count). The number of amides is 1. The lowest BCUT2D eigenvalue weighted by Gasteiger charge is -2.09. The molecular formula is C17H12Br2ClN3O4S. The van der Waals surface area contributed by atoms with Gasteiger partial charge in [-0.25, -0.2) is 18.1 Å². The van der Waals surface area contributed by atoms with Crippen LogP contribution in [-0.4, -0.2) is 31.0 Å². The number of carbonyl (C=O) groups is 1. The molecule has 0 spiro atoms. The lowest BCUT2D eigenvalue weighted by Crippen LogP contribution is -2.31. The van der Waals surface area contributed by atoms with Gasteiger partial charge in [-0.2, -0.15) is 0 Å². The molecule has 0 aliphatic heterocycles. The Hall–Kier alpha value is -1.88. The Morgan fingerprint density at radius 2 is 1.86 bits per heavy atom. The third-order valence-corrected chi connectivity index (χ3v) is 6.34. The zero-order chi connectivity index (χ0) is 20.5. The maximum atomic E-state index is 12.6. The molecule has 1 aromatic heterocycles. The Balaban J connectivity index is 1.86. The normalized spacial score (nSPS) is 11.3. The first-order chi connectivity index (χ1) is 13.2. The lowest BCUT2D eigenvalue weighted by atomic mass is 10.3. The highest BCUT2D eigenvalue weighted by molar-refractivity contribution is 9.11. The van der Waals surface area contributed by atoms with Crippen LogP contribution >= 0.6 is 43.5 Å². The third kappa shape index (κ3) is 4.57. The van der Waals surface area contributed by atoms with E-state index in [-0.39, 0.29) is 15.6 Å². The van der Waals surface area contributed by atoms with E-state index in [4.69, 9.17) is 16.3 Å². The van der Waals surface area contributed by atoms with Crippen molar-refractivity contribution in [1.82, 2.24) is 14.3 Å². The Morgan fingerprint density at radius 3 is 2.50 bits per heavy atom. The number of benzene rings is 2. The SMILES string of the molecule is COc1ccc(Cl)c(S(=O)(=O)NC(=O)c2cn(-c3cc(Br)cc(Br)c3)cn2)c1. The molecule has 0 bridgehead atoms. The fraction of sp³-hybridized carbons (Fsp3) is 0.0588. The molecule has 0 saturated heterocycles. The van der Waals surface area contributed by atoms with Crippen LogP contribution in [0.5, 0.6) is 5.75 Å². The molecule has 2 aromatic carbocycles. The molecule has 3 aromatic rings. The molecule has 1 N–H and O–H groups in total. The Bertz CT molecular complexity index is 1140. The fourth-order valence-electron chi connectivity index (χ4n) is 2.32. The van der Waals surface area contributed by atoms with E-state index in [9.17, 15) is 13.2 Å². The number of nitrogens with one attached hydrogen (secondary N) is 1. The molecule has 0 aliphatic rings. The van der Waals surface area contributed by atoms with Gasteiger partial charge in [0, 0.05) is 26.9 Å². The van der Waals surface area contributed by atoms with Crippen molar-refractivity contribution in [2.24, 2.45) is 0 Å². The molecule has 0 saturated carbocycles. The van der Waals surface area contributed by atoms with Crippen molar-refractivity contribution >= 4 is 59.4 Å². The molecule has 11 heteroatoms. The summed E-state index contributed by atoms with van der Waals surface area (Å²) < 4.78 is 35.3. The predicted molar refractivity (Wildman–Crippen MR) is 112 cm³/mol. The van der Waals surface area contributed by atoms with Crippen LogP contribution in [0.2, 0.25) is 5.02 Å². The van der Waals surface area contributed by atoms with Gasteiger partial charge in [0.05, 0.1) is 12.1 Å². The average molecular weight is 550 g/mol. The van der Waals surface area contributed by atoms with E-state index < -0.39 is 15.9 Å². The monoisotopic (exact) mass is 547 g/mol. The van der Waals surface area contributed by atoms with Gasteiger partial charge in [-0.05, 0) is 30.3 Å². The van der Waals surface area contributed by atoms with Gasteiger partial charge < -0.3 is 9.30 Å². The van der Waals surface area contributed by atoms with E-state index in [0.29, 0.717) is 5.75 Å². The zero-order valence-corrected chi connectivity index (χ0v) is 18.9. The number of aromatic nitrogens is 2. The first-order valence-corrected chi connectivity index (χ1v) is 11.1. The second-order valence-corrected chi connectivity index (χ2v) is 9.41. The van der Waals surface area contributed by atoms with Gasteiger partial charge in [0.1, 0.15) is 22.7 Å². The van der Waals surface area contributed by atoms with Gasteiger partial charge in [0.15, 0.2) is 0 Å². The molecule has 0 fully saturated rings. The summed E-state index contributed by atoms with van der Waals surface area (Å²) in [6.45, 7) is 0. The van der Waals surface area contributed by atoms with Crippen LogP contribution in [-0.2, 0) is 10.0 Å². The molecule has 1 heterocycles. The quantitative estimate of drug-likeness (QED) is 0.516. The number of imidazole rings is 1. The van der Waals surface area contributed by atoms with E-state index >= 15 is 0 Å². The smallest absolute Gasteiger partial charge is 0.285 e. The summed E-state index contributed by atoms with van der Waals surface area (Å²) in [5, 5.41) is -0.0365. The third-order valence-electron chi connectivity index (χ3n) is 3.62. The van der Waals surface area contributed by atoms with E-state index in [1.165, 1.54) is 37.8 Å². The maximum Gasteiger partial charge on any atom is 0.285 e. The van der Waals surface area contributed by atoms with Crippen LogP contribution in [0, 0.1) is 0 Å². The fourth-order valence-corrected chi connectivity index (χ4v) is 5.06. The summed E-state index contributed by atoms with van der Waals surface area (Å²) >= 11 is 12.7. The van der Waals surface area contributed by atoms with Crippen LogP contribution in [0.3, 0.4) is 0 Å². The second kappa shape index (κ2) is 8.24. The molecule has 0 atom stereocenters. The number of hydrogen-bond donors (Lipinski definition) is 1. The first-order valence-electron chi connectivity index (χ1n) is 7.61. The van der Waals surface area contributed by atoms with Gasteiger partial charge >= 0.3 is 0 Å². The van der Waals surface area contributed by atoms with Crippen LogP contribution in [0.15, 0.2) is 62.8 Å². The molecule has 0 radical (unpaired) electrons. The van der Waals surface area contributed by atoms with Crippen LogP contribution in [0.4, 0.5) is 0 Å². The highest BCUT2D eigenvalue weighted by Crippen LogP contribution is 2.26. The highest BCUT2D eigenvalue weighted by Gasteiger charge is 2.23. The number of ether oxygens (including phenoxy) is 1. The number of hydrogen-bond acceptors (Lipinski definition) is 5. The molecule has 0 aliphatic carbocycles. The molecule has 146 valence electrons. The summed E-state index contributed by atoms with van der Waals surface area (Å²) in [5.41, 5.74) is 0.658. The van der Waals surface area contributed by atoms with E-state index in [2.05, 4.69) is 36.8 Å². The summed E-state index contributed by atoms with van der Waals surface area (Å²) in [5.74, 6) is -0.589. The summed E-state index contributed by atoms with van der Waals surface area (Å²) in [6, 6.07) is 9.62. The van der Waals surface area contributed by atoms with Crippen molar-refractivity contribution in [3.8, 4) is 11.4 Å². The molecule has 1 amide bonds. The topological polar surface area (TPSA) is 90.3 Å². The Morgan fingerprint density at radius 1 is 1.18 bits per heavy atom. The minimum Gasteiger partial charge on any atom is -0.497 e. The number of rotatable bonds is 5. The van der Waals surface area contributed by atoms with Crippen molar-refractivity contribution in [2.45, 2.75) is 4.90 Å². The first kappa shape index (κ1) is 20.8. The van der Waals surface area contributed by atoms with Crippen LogP contribution < -0.4 is 9.46 Å². The van der Waals surface area contributed by atoms with E-state index in [1.807, 2.05) is 22.9 Å². The van der Waals surface area contributed by atoms with Gasteiger partial charge in [-0.1, -0.05) is 43.5 Å². The van der Waals surface area contributed by atoms with Gasteiger partial charge in [0.25, 0.3) is 15.9 Å². The second-order valence-electron chi connectivity index (χ2n) is 5.52. The van der Waals surface area contributed by atoms with Crippen molar-refractivity contribution < 1.29 is 17.9 Å². The highest BCUT2D eigenvalue weighted by atomic mass is 79.9. The van der Waals surface area contributed by atoms with Crippen molar-refractivity contribution in [1.29, 1.82) is 0 Å². The maximum absolute atomic E-state index is 12.6. The molecule has 0 unspecified atom stereocenters. The van der Waals surface area contributed by atoms with Crippen molar-refractivity contribution in [3.05, 3.63) is 68.6 Å². The number of carbonyl (C=O) groups excluding carboxylic acids is 1. The lowest BCUT2D eigenvalue weighted by molar-refractivity contribution is 0.0977. The predicted octanol–water partition coefficient (Wildman–Crippen LogP) is 4.18. The zero-order valence-electron chi connectivity index (χ0n) is 14.2.